The van der Waals surface area contributed by atoms with Crippen LogP contribution in [0.1, 0.15) is 72.1 Å². The summed E-state index contributed by atoms with van der Waals surface area (Å²) in [7, 11) is 0. The third kappa shape index (κ3) is 12.2. The van der Waals surface area contributed by atoms with Gasteiger partial charge in [0.15, 0.2) is 0 Å². The number of hydrogen-bond acceptors (Lipinski definition) is 2. The highest BCUT2D eigenvalue weighted by Crippen LogP contribution is 2.08. The topological polar surface area (TPSA) is 32.3 Å². The fourth-order valence-corrected chi connectivity index (χ4v) is 2.22. The van der Waals surface area contributed by atoms with E-state index in [4.69, 9.17) is 0 Å². The van der Waals surface area contributed by atoms with Crippen LogP contribution >= 0.6 is 0 Å². The Hall–Kier alpha value is -0.570. The number of nitrogens with one attached hydrogen (secondary N) is 1. The second-order valence-corrected chi connectivity index (χ2v) is 5.25. The first-order valence-electron chi connectivity index (χ1n) is 8.23. The maximum atomic E-state index is 11.6. The Morgan fingerprint density at radius 2 is 1.47 bits per heavy atom. The van der Waals surface area contributed by atoms with E-state index in [-0.39, 0.29) is 5.91 Å². The molecule has 1 amide bonds. The Labute approximate surface area is 120 Å². The summed E-state index contributed by atoms with van der Waals surface area (Å²) >= 11 is 0. The molecule has 0 unspecified atom stereocenters. The lowest BCUT2D eigenvalue weighted by Crippen LogP contribution is -2.34. The van der Waals surface area contributed by atoms with Crippen molar-refractivity contribution in [2.45, 2.75) is 72.1 Å². The maximum absolute atomic E-state index is 11.6. The largest absolute Gasteiger partial charge is 0.355 e. The summed E-state index contributed by atoms with van der Waals surface area (Å²) in [6, 6.07) is 0. The molecule has 114 valence electrons. The molecule has 0 aromatic carbocycles. The average Bonchev–Trinajstić information content (AvgIpc) is 2.42. The summed E-state index contributed by atoms with van der Waals surface area (Å²) in [5, 5.41) is 3.01. The summed E-state index contributed by atoms with van der Waals surface area (Å²) in [5.41, 5.74) is 0. The molecule has 0 heterocycles. The van der Waals surface area contributed by atoms with Gasteiger partial charge in [-0.1, -0.05) is 59.3 Å². The van der Waals surface area contributed by atoms with Crippen LogP contribution < -0.4 is 5.32 Å². The summed E-state index contributed by atoms with van der Waals surface area (Å²) in [5.74, 6) is 0.223. The van der Waals surface area contributed by atoms with Gasteiger partial charge in [-0.3, -0.25) is 4.79 Å². The van der Waals surface area contributed by atoms with Crippen molar-refractivity contribution in [2.24, 2.45) is 0 Å². The molecule has 0 atom stereocenters. The second-order valence-electron chi connectivity index (χ2n) is 5.25. The number of hydrogen-bond donors (Lipinski definition) is 1. The van der Waals surface area contributed by atoms with Crippen LogP contribution in [0.15, 0.2) is 0 Å². The SMILES string of the molecule is CCCCCCCCCC(=O)NCCN(CC)CC. The van der Waals surface area contributed by atoms with Gasteiger partial charge in [0.2, 0.25) is 5.91 Å². The fraction of sp³-hybridized carbons (Fsp3) is 0.938. The molecule has 0 aromatic rings. The van der Waals surface area contributed by atoms with Gasteiger partial charge in [-0.05, 0) is 19.5 Å². The highest BCUT2D eigenvalue weighted by Gasteiger charge is 2.02. The van der Waals surface area contributed by atoms with Gasteiger partial charge >= 0.3 is 0 Å². The molecule has 0 radical (unpaired) electrons. The molecule has 0 saturated heterocycles. The molecule has 0 aromatic heterocycles. The van der Waals surface area contributed by atoms with Crippen LogP contribution in [0.2, 0.25) is 0 Å². The Morgan fingerprint density at radius 3 is 2.05 bits per heavy atom. The molecule has 0 aliphatic rings. The second kappa shape index (κ2) is 13.9. The van der Waals surface area contributed by atoms with E-state index in [1.54, 1.807) is 0 Å². The third-order valence-corrected chi connectivity index (χ3v) is 3.65. The van der Waals surface area contributed by atoms with Crippen LogP contribution in [0.4, 0.5) is 0 Å². The highest BCUT2D eigenvalue weighted by molar-refractivity contribution is 5.75. The number of unbranched alkanes of at least 4 members (excludes halogenated alkanes) is 6. The summed E-state index contributed by atoms with van der Waals surface area (Å²) in [6.45, 7) is 10.4. The lowest BCUT2D eigenvalue weighted by molar-refractivity contribution is -0.121. The van der Waals surface area contributed by atoms with Crippen molar-refractivity contribution in [3.8, 4) is 0 Å². The summed E-state index contributed by atoms with van der Waals surface area (Å²) in [4.78, 5) is 13.9. The van der Waals surface area contributed by atoms with E-state index in [1.165, 1.54) is 38.5 Å². The number of amides is 1. The van der Waals surface area contributed by atoms with Gasteiger partial charge in [-0.2, -0.15) is 0 Å². The van der Waals surface area contributed by atoms with Crippen molar-refractivity contribution >= 4 is 5.91 Å². The number of rotatable bonds is 13. The Balaban J connectivity index is 3.30. The van der Waals surface area contributed by atoms with Crippen molar-refractivity contribution in [2.75, 3.05) is 26.2 Å². The molecule has 3 nitrogen and oxygen atoms in total. The van der Waals surface area contributed by atoms with Crippen molar-refractivity contribution in [1.82, 2.24) is 10.2 Å². The van der Waals surface area contributed by atoms with Crippen LogP contribution in [0.5, 0.6) is 0 Å². The summed E-state index contributed by atoms with van der Waals surface area (Å²) < 4.78 is 0. The van der Waals surface area contributed by atoms with Crippen molar-refractivity contribution < 1.29 is 4.79 Å². The van der Waals surface area contributed by atoms with Gasteiger partial charge in [0.05, 0.1) is 0 Å². The molecule has 0 aliphatic carbocycles. The zero-order valence-electron chi connectivity index (χ0n) is 13.3. The van der Waals surface area contributed by atoms with Gasteiger partial charge in [0, 0.05) is 19.5 Å². The van der Waals surface area contributed by atoms with Crippen molar-refractivity contribution in [3.63, 3.8) is 0 Å². The van der Waals surface area contributed by atoms with E-state index in [0.29, 0.717) is 6.42 Å². The molecular weight excluding hydrogens is 236 g/mol. The van der Waals surface area contributed by atoms with Crippen LogP contribution in [0.25, 0.3) is 0 Å². The first-order valence-corrected chi connectivity index (χ1v) is 8.23. The number of likely N-dealkylation sites (N-methyl/N-ethyl adjacent to an activating group) is 1. The molecule has 0 aliphatic heterocycles. The molecule has 19 heavy (non-hydrogen) atoms. The summed E-state index contributed by atoms with van der Waals surface area (Å²) in [6.07, 6.45) is 9.57. The molecule has 0 bridgehead atoms. The minimum Gasteiger partial charge on any atom is -0.355 e. The highest BCUT2D eigenvalue weighted by atomic mass is 16.1. The van der Waals surface area contributed by atoms with Gasteiger partial charge in [0.25, 0.3) is 0 Å². The van der Waals surface area contributed by atoms with Gasteiger partial charge in [0.1, 0.15) is 0 Å². The van der Waals surface area contributed by atoms with Gasteiger partial charge in [-0.25, -0.2) is 0 Å². The van der Waals surface area contributed by atoms with E-state index >= 15 is 0 Å². The lowest BCUT2D eigenvalue weighted by Gasteiger charge is -2.17. The normalized spacial score (nSPS) is 10.9. The van der Waals surface area contributed by atoms with E-state index in [2.05, 4.69) is 31.0 Å². The number of carbonyl (C=O) groups excluding carboxylic acids is 1. The molecule has 0 fully saturated rings. The Morgan fingerprint density at radius 1 is 0.895 bits per heavy atom. The Bertz CT molecular complexity index is 203. The van der Waals surface area contributed by atoms with Gasteiger partial charge in [-0.15, -0.1) is 0 Å². The number of nitrogens with zero attached hydrogens (tertiary/aromatic N) is 1. The third-order valence-electron chi connectivity index (χ3n) is 3.65. The van der Waals surface area contributed by atoms with Gasteiger partial charge < -0.3 is 10.2 Å². The van der Waals surface area contributed by atoms with E-state index in [0.717, 1.165) is 32.6 Å². The molecule has 0 spiro atoms. The quantitative estimate of drug-likeness (QED) is 0.519. The van der Waals surface area contributed by atoms with Crippen LogP contribution in [-0.2, 0) is 4.79 Å². The number of carbonyl (C=O) groups is 1. The molecule has 3 heteroatoms. The smallest absolute Gasteiger partial charge is 0.220 e. The van der Waals surface area contributed by atoms with Crippen LogP contribution in [-0.4, -0.2) is 37.0 Å². The molecule has 1 N–H and O–H groups in total. The van der Waals surface area contributed by atoms with Crippen molar-refractivity contribution in [3.05, 3.63) is 0 Å². The maximum Gasteiger partial charge on any atom is 0.220 e. The monoisotopic (exact) mass is 270 g/mol. The zero-order valence-corrected chi connectivity index (χ0v) is 13.3. The van der Waals surface area contributed by atoms with E-state index in [9.17, 15) is 4.79 Å². The van der Waals surface area contributed by atoms with E-state index in [1.807, 2.05) is 0 Å². The molecule has 0 saturated carbocycles. The average molecular weight is 270 g/mol. The predicted molar refractivity (Wildman–Crippen MR) is 83.4 cm³/mol. The minimum absolute atomic E-state index is 0.223. The van der Waals surface area contributed by atoms with E-state index < -0.39 is 0 Å². The van der Waals surface area contributed by atoms with Crippen LogP contribution in [0.3, 0.4) is 0 Å². The van der Waals surface area contributed by atoms with Crippen LogP contribution in [0, 0.1) is 0 Å². The minimum atomic E-state index is 0.223. The lowest BCUT2D eigenvalue weighted by atomic mass is 10.1. The Kier molecular flexibility index (Phi) is 13.4. The standard InChI is InChI=1S/C16H34N2O/c1-4-7-8-9-10-11-12-13-16(19)17-14-15-18(5-2)6-3/h4-15H2,1-3H3,(H,17,19). The predicted octanol–water partition coefficient (Wildman–Crippen LogP) is 3.59. The zero-order chi connectivity index (χ0) is 14.3. The van der Waals surface area contributed by atoms with Crippen molar-refractivity contribution in [1.29, 1.82) is 0 Å². The fourth-order valence-electron chi connectivity index (χ4n) is 2.22. The first kappa shape index (κ1) is 18.4. The first-order chi connectivity index (χ1) is 9.24. The molecular formula is C16H34N2O. The molecule has 0 rings (SSSR count).